The van der Waals surface area contributed by atoms with Crippen LogP contribution in [0.25, 0.3) is 0 Å². The lowest BCUT2D eigenvalue weighted by Gasteiger charge is -2.35. The second-order valence-electron chi connectivity index (χ2n) is 6.07. The Morgan fingerprint density at radius 3 is 2.12 bits per heavy atom. The summed E-state index contributed by atoms with van der Waals surface area (Å²) in [6.45, 7) is 6.37. The lowest BCUT2D eigenvalue weighted by Crippen LogP contribution is -2.45. The standard InChI is InChI=1S/C18H30N2O3.2ClH/c1-4-5-6-7-15(20-10-8-19-9-11-20)14-12-16(22-2)18(21)17(13-14)23-3;;/h12-13,15,19,21H,4-11H2,1-3H3;2*1H/t15-;;/m0../s1. The molecule has 0 amide bonds. The maximum Gasteiger partial charge on any atom is 0.200 e. The molecule has 0 bridgehead atoms. The molecule has 1 aliphatic heterocycles. The zero-order chi connectivity index (χ0) is 16.7. The van der Waals surface area contributed by atoms with Crippen LogP contribution in [0.15, 0.2) is 12.1 Å². The molecule has 146 valence electrons. The van der Waals surface area contributed by atoms with Gasteiger partial charge >= 0.3 is 0 Å². The van der Waals surface area contributed by atoms with E-state index < -0.39 is 0 Å². The zero-order valence-corrected chi connectivity index (χ0v) is 17.0. The number of phenolic OH excluding ortho intramolecular Hbond substituents is 1. The summed E-state index contributed by atoms with van der Waals surface area (Å²) in [7, 11) is 3.16. The first-order valence-corrected chi connectivity index (χ1v) is 8.60. The fourth-order valence-electron chi connectivity index (χ4n) is 3.25. The number of benzene rings is 1. The largest absolute Gasteiger partial charge is 0.502 e. The molecule has 0 aliphatic carbocycles. The molecule has 1 heterocycles. The third-order valence-electron chi connectivity index (χ3n) is 4.56. The Balaban J connectivity index is 0.00000288. The molecule has 5 nitrogen and oxygen atoms in total. The fourth-order valence-corrected chi connectivity index (χ4v) is 3.25. The van der Waals surface area contributed by atoms with Crippen molar-refractivity contribution in [3.05, 3.63) is 17.7 Å². The van der Waals surface area contributed by atoms with Gasteiger partial charge in [-0.2, -0.15) is 0 Å². The first-order chi connectivity index (χ1) is 11.2. The van der Waals surface area contributed by atoms with Crippen LogP contribution in [0.4, 0.5) is 0 Å². The third-order valence-corrected chi connectivity index (χ3v) is 4.56. The van der Waals surface area contributed by atoms with Crippen molar-refractivity contribution >= 4 is 24.8 Å². The van der Waals surface area contributed by atoms with Crippen LogP contribution in [-0.4, -0.2) is 50.4 Å². The Hall–Kier alpha value is -0.880. The van der Waals surface area contributed by atoms with Gasteiger partial charge in [0, 0.05) is 32.2 Å². The van der Waals surface area contributed by atoms with Crippen LogP contribution in [0, 0.1) is 0 Å². The number of nitrogens with zero attached hydrogens (tertiary/aromatic N) is 1. The van der Waals surface area contributed by atoms with Crippen molar-refractivity contribution in [1.82, 2.24) is 10.2 Å². The minimum atomic E-state index is 0. The molecule has 1 atom stereocenters. The van der Waals surface area contributed by atoms with E-state index in [0.29, 0.717) is 17.5 Å². The van der Waals surface area contributed by atoms with Crippen molar-refractivity contribution in [2.45, 2.75) is 38.6 Å². The summed E-state index contributed by atoms with van der Waals surface area (Å²) in [4.78, 5) is 2.53. The molecule has 0 radical (unpaired) electrons. The van der Waals surface area contributed by atoms with Crippen LogP contribution >= 0.6 is 24.8 Å². The highest BCUT2D eigenvalue weighted by molar-refractivity contribution is 5.85. The smallest absolute Gasteiger partial charge is 0.200 e. The van der Waals surface area contributed by atoms with E-state index in [-0.39, 0.29) is 30.6 Å². The average Bonchev–Trinajstić information content (AvgIpc) is 2.60. The minimum absolute atomic E-state index is 0. The van der Waals surface area contributed by atoms with E-state index in [1.807, 2.05) is 12.1 Å². The number of ether oxygens (including phenoxy) is 2. The monoisotopic (exact) mass is 394 g/mol. The average molecular weight is 395 g/mol. The molecular weight excluding hydrogens is 363 g/mol. The molecule has 1 aromatic carbocycles. The Morgan fingerprint density at radius 1 is 1.08 bits per heavy atom. The minimum Gasteiger partial charge on any atom is -0.502 e. The lowest BCUT2D eigenvalue weighted by atomic mass is 9.97. The highest BCUT2D eigenvalue weighted by Crippen LogP contribution is 2.40. The van der Waals surface area contributed by atoms with E-state index in [1.54, 1.807) is 14.2 Å². The third kappa shape index (κ3) is 6.41. The second-order valence-corrected chi connectivity index (χ2v) is 6.07. The molecule has 1 saturated heterocycles. The number of unbranched alkanes of at least 4 members (excludes halogenated alkanes) is 2. The highest BCUT2D eigenvalue weighted by atomic mass is 35.5. The molecule has 2 N–H and O–H groups in total. The molecule has 2 rings (SSSR count). The number of phenols is 1. The van der Waals surface area contributed by atoms with Gasteiger partial charge in [0.25, 0.3) is 0 Å². The normalized spacial score (nSPS) is 15.6. The van der Waals surface area contributed by atoms with Crippen LogP contribution in [-0.2, 0) is 0 Å². The van der Waals surface area contributed by atoms with Gasteiger partial charge in [-0.3, -0.25) is 4.90 Å². The molecule has 0 saturated carbocycles. The van der Waals surface area contributed by atoms with Gasteiger partial charge in [0.15, 0.2) is 11.5 Å². The van der Waals surface area contributed by atoms with Gasteiger partial charge in [-0.25, -0.2) is 0 Å². The molecular formula is C18H32Cl2N2O3. The number of hydrogen-bond acceptors (Lipinski definition) is 5. The summed E-state index contributed by atoms with van der Waals surface area (Å²) < 4.78 is 10.7. The van der Waals surface area contributed by atoms with E-state index in [0.717, 1.165) is 38.2 Å². The summed E-state index contributed by atoms with van der Waals surface area (Å²) in [5.41, 5.74) is 1.16. The van der Waals surface area contributed by atoms with Crippen molar-refractivity contribution in [2.75, 3.05) is 40.4 Å². The van der Waals surface area contributed by atoms with Crippen LogP contribution in [0.2, 0.25) is 0 Å². The molecule has 1 aromatic rings. The Morgan fingerprint density at radius 2 is 1.64 bits per heavy atom. The van der Waals surface area contributed by atoms with Gasteiger partial charge in [0.05, 0.1) is 14.2 Å². The number of hydrogen-bond donors (Lipinski definition) is 2. The van der Waals surface area contributed by atoms with Gasteiger partial charge in [-0.1, -0.05) is 26.2 Å². The molecule has 0 unspecified atom stereocenters. The fraction of sp³-hybridized carbons (Fsp3) is 0.667. The number of methoxy groups -OCH3 is 2. The second kappa shape index (κ2) is 12.5. The molecule has 1 aliphatic rings. The van der Waals surface area contributed by atoms with E-state index in [9.17, 15) is 5.11 Å². The van der Waals surface area contributed by atoms with Crippen LogP contribution in [0.3, 0.4) is 0 Å². The zero-order valence-electron chi connectivity index (χ0n) is 15.4. The van der Waals surface area contributed by atoms with Crippen LogP contribution in [0.1, 0.15) is 44.2 Å². The van der Waals surface area contributed by atoms with Crippen LogP contribution < -0.4 is 14.8 Å². The highest BCUT2D eigenvalue weighted by Gasteiger charge is 2.24. The summed E-state index contributed by atoms with van der Waals surface area (Å²) >= 11 is 0. The van der Waals surface area contributed by atoms with Gasteiger partial charge < -0.3 is 19.9 Å². The van der Waals surface area contributed by atoms with Crippen molar-refractivity contribution in [2.24, 2.45) is 0 Å². The van der Waals surface area contributed by atoms with Gasteiger partial charge in [-0.15, -0.1) is 24.8 Å². The maximum absolute atomic E-state index is 10.1. The van der Waals surface area contributed by atoms with Gasteiger partial charge in [0.2, 0.25) is 5.75 Å². The van der Waals surface area contributed by atoms with Crippen molar-refractivity contribution in [1.29, 1.82) is 0 Å². The first-order valence-electron chi connectivity index (χ1n) is 8.60. The first kappa shape index (κ1) is 24.1. The van der Waals surface area contributed by atoms with E-state index in [2.05, 4.69) is 17.1 Å². The molecule has 25 heavy (non-hydrogen) atoms. The predicted molar refractivity (Wildman–Crippen MR) is 107 cm³/mol. The number of rotatable bonds is 8. The Kier molecular flexibility index (Phi) is 12.0. The number of halogens is 2. The van der Waals surface area contributed by atoms with E-state index in [1.165, 1.54) is 19.3 Å². The van der Waals surface area contributed by atoms with Crippen molar-refractivity contribution in [3.63, 3.8) is 0 Å². The SMILES string of the molecule is CCCCC[C@@H](c1cc(OC)c(O)c(OC)c1)N1CCNCC1.Cl.Cl. The number of nitrogens with one attached hydrogen (secondary N) is 1. The van der Waals surface area contributed by atoms with Gasteiger partial charge in [0.1, 0.15) is 0 Å². The molecule has 0 spiro atoms. The molecule has 0 aromatic heterocycles. The molecule has 1 fully saturated rings. The summed E-state index contributed by atoms with van der Waals surface area (Å²) in [6.07, 6.45) is 4.78. The van der Waals surface area contributed by atoms with Crippen LogP contribution in [0.5, 0.6) is 17.2 Å². The quantitative estimate of drug-likeness (QED) is 0.657. The lowest BCUT2D eigenvalue weighted by molar-refractivity contribution is 0.162. The molecule has 7 heteroatoms. The summed E-state index contributed by atoms with van der Waals surface area (Å²) in [6, 6.07) is 4.25. The Labute approximate surface area is 163 Å². The predicted octanol–water partition coefficient (Wildman–Crippen LogP) is 3.78. The number of piperazine rings is 1. The number of aromatic hydroxyl groups is 1. The summed E-state index contributed by atoms with van der Waals surface area (Å²) in [5.74, 6) is 1.04. The topological polar surface area (TPSA) is 54.0 Å². The summed E-state index contributed by atoms with van der Waals surface area (Å²) in [5, 5.41) is 13.6. The Bertz CT molecular complexity index is 472. The maximum atomic E-state index is 10.1. The van der Waals surface area contributed by atoms with Gasteiger partial charge in [-0.05, 0) is 24.1 Å². The van der Waals surface area contributed by atoms with E-state index in [4.69, 9.17) is 9.47 Å². The van der Waals surface area contributed by atoms with Crippen molar-refractivity contribution in [3.8, 4) is 17.2 Å². The van der Waals surface area contributed by atoms with Crippen molar-refractivity contribution < 1.29 is 14.6 Å². The van der Waals surface area contributed by atoms with E-state index >= 15 is 0 Å².